The smallest absolute Gasteiger partial charge is 0.196 e. The summed E-state index contributed by atoms with van der Waals surface area (Å²) in [4.78, 5) is 3.65. The SMILES string of the molecule is Cl.[2H]C1([2H])N=C(Nc2c(Cl)ccc3nsnc23)NC1([2H])[2H]. The van der Waals surface area contributed by atoms with E-state index >= 15 is 0 Å². The predicted molar refractivity (Wildman–Crippen MR) is 73.6 cm³/mol. The van der Waals surface area contributed by atoms with Crippen molar-refractivity contribution in [3.8, 4) is 0 Å². The summed E-state index contributed by atoms with van der Waals surface area (Å²) in [6.45, 7) is -4.66. The van der Waals surface area contributed by atoms with Gasteiger partial charge in [-0.15, -0.1) is 12.4 Å². The highest BCUT2D eigenvalue weighted by molar-refractivity contribution is 7.00. The Balaban J connectivity index is 0.00000161. The number of benzene rings is 1. The summed E-state index contributed by atoms with van der Waals surface area (Å²) in [5.74, 6) is -0.0394. The summed E-state index contributed by atoms with van der Waals surface area (Å²) in [6.07, 6.45) is 0. The molecule has 0 radical (unpaired) electrons. The van der Waals surface area contributed by atoms with Gasteiger partial charge in [-0.25, -0.2) is 0 Å². The van der Waals surface area contributed by atoms with Crippen molar-refractivity contribution in [2.75, 3.05) is 18.3 Å². The number of aromatic nitrogens is 2. The maximum Gasteiger partial charge on any atom is 0.196 e. The van der Waals surface area contributed by atoms with E-state index in [9.17, 15) is 0 Å². The minimum absolute atomic E-state index is 0. The van der Waals surface area contributed by atoms with Gasteiger partial charge in [-0.3, -0.25) is 4.99 Å². The summed E-state index contributed by atoms with van der Waals surface area (Å²) >= 11 is 7.11. The first-order chi connectivity index (χ1) is 9.30. The van der Waals surface area contributed by atoms with Gasteiger partial charge in [0.1, 0.15) is 11.0 Å². The first-order valence-corrected chi connectivity index (χ1v) is 5.47. The van der Waals surface area contributed by atoms with E-state index in [2.05, 4.69) is 24.4 Å². The Hall–Kier alpha value is -1.11. The molecule has 90 valence electrons. The second-order valence-electron chi connectivity index (χ2n) is 3.00. The molecule has 1 aliphatic rings. The number of fused-ring (bicyclic) bond motifs is 1. The molecule has 0 spiro atoms. The maximum absolute atomic E-state index is 7.54. The van der Waals surface area contributed by atoms with Crippen LogP contribution < -0.4 is 10.6 Å². The molecule has 3 rings (SSSR count). The van der Waals surface area contributed by atoms with Crippen LogP contribution in [0, 0.1) is 0 Å². The molecule has 0 fully saturated rings. The third-order valence-corrected chi connectivity index (χ3v) is 2.88. The largest absolute Gasteiger partial charge is 0.354 e. The number of anilines is 1. The molecule has 0 bridgehead atoms. The number of nitrogens with zero attached hydrogens (tertiary/aromatic N) is 3. The molecule has 2 aromatic rings. The van der Waals surface area contributed by atoms with E-state index in [0.717, 1.165) is 11.7 Å². The summed E-state index contributed by atoms with van der Waals surface area (Å²) in [7, 11) is 0. The normalized spacial score (nSPS) is 23.5. The summed E-state index contributed by atoms with van der Waals surface area (Å²) < 4.78 is 38.3. The highest BCUT2D eigenvalue weighted by Gasteiger charge is 2.13. The molecule has 5 nitrogen and oxygen atoms in total. The zero-order valence-electron chi connectivity index (χ0n) is 12.2. The lowest BCUT2D eigenvalue weighted by Crippen LogP contribution is -2.26. The Morgan fingerprint density at radius 3 is 3.12 bits per heavy atom. The van der Waals surface area contributed by atoms with E-state index in [4.69, 9.17) is 17.1 Å². The average Bonchev–Trinajstić information content (AvgIpc) is 2.86. The van der Waals surface area contributed by atoms with Crippen LogP contribution in [-0.4, -0.2) is 27.7 Å². The summed E-state index contributed by atoms with van der Waals surface area (Å²) in [5, 5.41) is 5.49. The minimum atomic E-state index is -2.37. The van der Waals surface area contributed by atoms with Crippen molar-refractivity contribution in [3.05, 3.63) is 17.2 Å². The molecule has 17 heavy (non-hydrogen) atoms. The van der Waals surface area contributed by atoms with Crippen molar-refractivity contribution in [3.63, 3.8) is 0 Å². The molecule has 0 aliphatic carbocycles. The lowest BCUT2D eigenvalue weighted by atomic mass is 10.2. The van der Waals surface area contributed by atoms with Crippen LogP contribution in [0.1, 0.15) is 5.48 Å². The van der Waals surface area contributed by atoms with Crippen molar-refractivity contribution >= 4 is 58.4 Å². The quantitative estimate of drug-likeness (QED) is 0.846. The lowest BCUT2D eigenvalue weighted by Gasteiger charge is -2.08. The molecule has 0 atom stereocenters. The fourth-order valence-corrected chi connectivity index (χ4v) is 2.06. The van der Waals surface area contributed by atoms with Gasteiger partial charge in [0.25, 0.3) is 0 Å². The Morgan fingerprint density at radius 2 is 2.35 bits per heavy atom. The molecule has 0 saturated heterocycles. The topological polar surface area (TPSA) is 62.2 Å². The van der Waals surface area contributed by atoms with Crippen LogP contribution in [0.4, 0.5) is 5.69 Å². The van der Waals surface area contributed by atoms with Crippen LogP contribution in [-0.2, 0) is 0 Å². The Bertz CT molecular complexity index is 719. The van der Waals surface area contributed by atoms with E-state index in [1.165, 1.54) is 0 Å². The lowest BCUT2D eigenvalue weighted by molar-refractivity contribution is 0.959. The van der Waals surface area contributed by atoms with E-state index in [1.54, 1.807) is 12.1 Å². The zero-order chi connectivity index (χ0) is 14.5. The molecule has 1 aliphatic heterocycles. The minimum Gasteiger partial charge on any atom is -0.354 e. The van der Waals surface area contributed by atoms with E-state index in [1.807, 2.05) is 0 Å². The third-order valence-electron chi connectivity index (χ3n) is 2.02. The van der Waals surface area contributed by atoms with Crippen molar-refractivity contribution < 1.29 is 5.48 Å². The summed E-state index contributed by atoms with van der Waals surface area (Å²) in [5.41, 5.74) is 1.59. The number of aliphatic imine (C=N–C) groups is 1. The molecular weight excluding hydrogens is 281 g/mol. The van der Waals surface area contributed by atoms with Crippen molar-refractivity contribution in [2.45, 2.75) is 0 Å². The van der Waals surface area contributed by atoms with Crippen molar-refractivity contribution in [2.24, 2.45) is 4.99 Å². The van der Waals surface area contributed by atoms with Crippen LogP contribution in [0.15, 0.2) is 17.1 Å². The van der Waals surface area contributed by atoms with Crippen LogP contribution >= 0.6 is 35.7 Å². The molecule has 1 aromatic heterocycles. The van der Waals surface area contributed by atoms with Gasteiger partial charge in [0.05, 0.1) is 34.4 Å². The van der Waals surface area contributed by atoms with E-state index in [-0.39, 0.29) is 18.4 Å². The molecule has 1 aromatic carbocycles. The van der Waals surface area contributed by atoms with Crippen LogP contribution in [0.3, 0.4) is 0 Å². The van der Waals surface area contributed by atoms with Crippen LogP contribution in [0.25, 0.3) is 11.0 Å². The second kappa shape index (κ2) is 5.03. The molecule has 8 heteroatoms. The van der Waals surface area contributed by atoms with Crippen LogP contribution in [0.2, 0.25) is 5.02 Å². The maximum atomic E-state index is 7.54. The number of guanidine groups is 1. The van der Waals surface area contributed by atoms with Gasteiger partial charge in [-0.05, 0) is 12.1 Å². The number of nitrogens with one attached hydrogen (secondary N) is 2. The van der Waals surface area contributed by atoms with Gasteiger partial charge in [0.15, 0.2) is 5.96 Å². The highest BCUT2D eigenvalue weighted by Crippen LogP contribution is 2.29. The molecule has 2 heterocycles. The molecule has 0 unspecified atom stereocenters. The van der Waals surface area contributed by atoms with Crippen molar-refractivity contribution in [1.29, 1.82) is 0 Å². The fourth-order valence-electron chi connectivity index (χ4n) is 1.32. The first-order valence-electron chi connectivity index (χ1n) is 6.36. The van der Waals surface area contributed by atoms with E-state index < -0.39 is 13.0 Å². The van der Waals surface area contributed by atoms with Gasteiger partial charge >= 0.3 is 0 Å². The predicted octanol–water partition coefficient (Wildman–Crippen LogP) is 2.14. The van der Waals surface area contributed by atoms with E-state index in [0.29, 0.717) is 21.7 Å². The van der Waals surface area contributed by atoms with Gasteiger partial charge in [0.2, 0.25) is 0 Å². The average molecular weight is 294 g/mol. The molecule has 0 amide bonds. The van der Waals surface area contributed by atoms with Crippen molar-refractivity contribution in [1.82, 2.24) is 14.1 Å². The highest BCUT2D eigenvalue weighted by atomic mass is 35.5. The fraction of sp³-hybridized carbons (Fsp3) is 0.222. The zero-order valence-corrected chi connectivity index (χ0v) is 10.6. The Morgan fingerprint density at radius 1 is 1.47 bits per heavy atom. The van der Waals surface area contributed by atoms with Gasteiger partial charge in [-0.2, -0.15) is 8.75 Å². The number of rotatable bonds is 1. The third kappa shape index (κ3) is 2.29. The number of halogens is 2. The number of hydrogen-bond donors (Lipinski definition) is 2. The summed E-state index contributed by atoms with van der Waals surface area (Å²) in [6, 6.07) is 3.35. The molecule has 0 saturated carbocycles. The van der Waals surface area contributed by atoms with Gasteiger partial charge in [-0.1, -0.05) is 11.6 Å². The number of hydrogen-bond acceptors (Lipinski definition) is 6. The first kappa shape index (κ1) is 8.07. The monoisotopic (exact) mass is 293 g/mol. The molecule has 2 N–H and O–H groups in total. The van der Waals surface area contributed by atoms with Gasteiger partial charge in [0, 0.05) is 6.50 Å². The van der Waals surface area contributed by atoms with Gasteiger partial charge < -0.3 is 10.6 Å². The Labute approximate surface area is 119 Å². The molecular formula is C9H9Cl2N5S. The van der Waals surface area contributed by atoms with Crippen LogP contribution in [0.5, 0.6) is 0 Å². The Kier molecular flexibility index (Phi) is 2.39. The second-order valence-corrected chi connectivity index (χ2v) is 3.94. The standard InChI is InChI=1S/C9H8ClN5S.ClH/c10-5-1-2-6-8(15-16-14-6)7(5)13-9-11-3-4-12-9;/h1-2H,3-4H2,(H2,11,12,13);1H/i3D2,4D2;.